The van der Waals surface area contributed by atoms with Crippen LogP contribution in [0.2, 0.25) is 18.1 Å². The van der Waals surface area contributed by atoms with Crippen molar-refractivity contribution >= 4 is 31.3 Å². The molecule has 0 spiro atoms. The Morgan fingerprint density at radius 1 is 1.00 bits per heavy atom. The molecule has 1 fully saturated rings. The Bertz CT molecular complexity index is 811. The van der Waals surface area contributed by atoms with Crippen molar-refractivity contribution in [1.82, 2.24) is 4.98 Å². The maximum absolute atomic E-state index is 6.25. The van der Waals surface area contributed by atoms with Gasteiger partial charge in [-0.1, -0.05) is 26.8 Å². The van der Waals surface area contributed by atoms with Gasteiger partial charge < -0.3 is 25.3 Å². The molecule has 2 aromatic rings. The number of pyridine rings is 1. The van der Waals surface area contributed by atoms with Gasteiger partial charge in [0.2, 0.25) is 0 Å². The van der Waals surface area contributed by atoms with Gasteiger partial charge in [0.25, 0.3) is 0 Å². The van der Waals surface area contributed by atoms with E-state index in [1.165, 1.54) is 5.69 Å². The van der Waals surface area contributed by atoms with Crippen LogP contribution in [0.5, 0.6) is 0 Å². The average molecular weight is 428 g/mol. The van der Waals surface area contributed by atoms with Crippen LogP contribution in [0, 0.1) is 0 Å². The summed E-state index contributed by atoms with van der Waals surface area (Å²) < 4.78 is 6.25. The summed E-state index contributed by atoms with van der Waals surface area (Å²) in [5, 5.41) is 3.66. The number of aromatic nitrogens is 1. The molecule has 0 unspecified atom stereocenters. The van der Waals surface area contributed by atoms with Gasteiger partial charge in [0.15, 0.2) is 8.32 Å². The van der Waals surface area contributed by atoms with Crippen LogP contribution in [0.25, 0.3) is 0 Å². The predicted molar refractivity (Wildman–Crippen MR) is 131 cm³/mol. The van der Waals surface area contributed by atoms with Crippen LogP contribution >= 0.6 is 0 Å². The molecule has 30 heavy (non-hydrogen) atoms. The lowest BCUT2D eigenvalue weighted by molar-refractivity contribution is 0.301. The molecule has 1 saturated heterocycles. The van der Waals surface area contributed by atoms with Crippen molar-refractivity contribution in [3.63, 3.8) is 0 Å². The number of nitrogen functional groups attached to an aromatic ring is 1. The van der Waals surface area contributed by atoms with Gasteiger partial charge in [0.05, 0.1) is 6.61 Å². The second kappa shape index (κ2) is 9.26. The molecule has 0 bridgehead atoms. The fraction of sp³-hybridized carbons (Fsp3) is 0.522. The highest BCUT2D eigenvalue weighted by Gasteiger charge is 2.36. The Labute approximate surface area is 182 Å². The second-order valence-corrected chi connectivity index (χ2v) is 14.3. The maximum Gasteiger partial charge on any atom is 0.192 e. The first-order valence-electron chi connectivity index (χ1n) is 10.9. The van der Waals surface area contributed by atoms with Gasteiger partial charge in [0.1, 0.15) is 11.6 Å². The molecule has 0 aliphatic carbocycles. The Kier molecular flexibility index (Phi) is 6.93. The van der Waals surface area contributed by atoms with Gasteiger partial charge >= 0.3 is 0 Å². The quantitative estimate of drug-likeness (QED) is 0.387. The number of hydrogen-bond acceptors (Lipinski definition) is 6. The average Bonchev–Trinajstić information content (AvgIpc) is 2.71. The topological polar surface area (TPSA) is 66.7 Å². The van der Waals surface area contributed by atoms with E-state index in [1.807, 2.05) is 18.2 Å². The highest BCUT2D eigenvalue weighted by molar-refractivity contribution is 6.74. The molecule has 1 aromatic carbocycles. The van der Waals surface area contributed by atoms with Crippen LogP contribution in [0.4, 0.5) is 23.0 Å². The molecule has 0 amide bonds. The zero-order valence-corrected chi connectivity index (χ0v) is 20.1. The molecule has 7 heteroatoms. The minimum absolute atomic E-state index is 0.236. The number of nitrogens with zero attached hydrogens (tertiary/aromatic N) is 3. The number of hydrogen-bond donors (Lipinski definition) is 2. The minimum atomic E-state index is -1.70. The molecule has 164 valence electrons. The van der Waals surface area contributed by atoms with E-state index >= 15 is 0 Å². The zero-order chi connectivity index (χ0) is 21.8. The van der Waals surface area contributed by atoms with E-state index in [0.717, 1.165) is 50.0 Å². The van der Waals surface area contributed by atoms with Crippen LogP contribution in [-0.4, -0.2) is 52.6 Å². The molecule has 3 rings (SSSR count). The number of nitrogens with two attached hydrogens (primary N) is 1. The Hall–Kier alpha value is -2.25. The molecule has 1 aliphatic rings. The van der Waals surface area contributed by atoms with E-state index in [0.29, 0.717) is 6.61 Å². The summed E-state index contributed by atoms with van der Waals surface area (Å²) in [6.07, 6.45) is 0. The van der Waals surface area contributed by atoms with Crippen LogP contribution in [-0.2, 0) is 4.43 Å². The lowest BCUT2D eigenvalue weighted by Crippen LogP contribution is -2.46. The summed E-state index contributed by atoms with van der Waals surface area (Å²) in [5.41, 5.74) is 7.84. The summed E-state index contributed by atoms with van der Waals surface area (Å²) >= 11 is 0. The van der Waals surface area contributed by atoms with Crippen molar-refractivity contribution in [2.45, 2.75) is 38.9 Å². The van der Waals surface area contributed by atoms with Gasteiger partial charge in [-0.2, -0.15) is 0 Å². The predicted octanol–water partition coefficient (Wildman–Crippen LogP) is 4.42. The van der Waals surface area contributed by atoms with E-state index in [1.54, 1.807) is 0 Å². The highest BCUT2D eigenvalue weighted by Crippen LogP contribution is 2.36. The SMILES string of the molecule is CC(C)(C)[Si](C)(C)OCCNc1cccc(N2CCN(c3ccc(N)cc3)CC2)n1. The number of nitrogens with one attached hydrogen (secondary N) is 1. The molecule has 1 aliphatic heterocycles. The smallest absolute Gasteiger partial charge is 0.192 e. The monoisotopic (exact) mass is 427 g/mol. The van der Waals surface area contributed by atoms with Crippen LogP contribution in [0.1, 0.15) is 20.8 Å². The summed E-state index contributed by atoms with van der Waals surface area (Å²) in [6, 6.07) is 14.3. The third-order valence-electron chi connectivity index (χ3n) is 6.27. The summed E-state index contributed by atoms with van der Waals surface area (Å²) in [4.78, 5) is 9.58. The van der Waals surface area contributed by atoms with Crippen molar-refractivity contribution in [3.8, 4) is 0 Å². The Morgan fingerprint density at radius 3 is 2.27 bits per heavy atom. The van der Waals surface area contributed by atoms with Crippen LogP contribution in [0.15, 0.2) is 42.5 Å². The zero-order valence-electron chi connectivity index (χ0n) is 19.1. The first-order valence-corrected chi connectivity index (χ1v) is 13.8. The summed E-state index contributed by atoms with van der Waals surface area (Å²) in [7, 11) is -1.70. The summed E-state index contributed by atoms with van der Waals surface area (Å²) in [5.74, 6) is 1.94. The number of anilines is 4. The second-order valence-electron chi connectivity index (χ2n) is 9.48. The van der Waals surface area contributed by atoms with Crippen molar-refractivity contribution in [3.05, 3.63) is 42.5 Å². The third kappa shape index (κ3) is 5.67. The van der Waals surface area contributed by atoms with Crippen molar-refractivity contribution in [2.24, 2.45) is 0 Å². The van der Waals surface area contributed by atoms with Gasteiger partial charge in [-0.05, 0) is 54.5 Å². The van der Waals surface area contributed by atoms with E-state index in [4.69, 9.17) is 15.1 Å². The fourth-order valence-corrected chi connectivity index (χ4v) is 4.32. The molecular formula is C23H37N5OSi. The molecule has 0 saturated carbocycles. The standard InChI is InChI=1S/C23H37N5OSi/c1-23(2,3)30(4,5)29-18-13-25-21-7-6-8-22(26-21)28-16-14-27(15-17-28)20-11-9-19(24)10-12-20/h6-12H,13-18,24H2,1-5H3,(H,25,26). The lowest BCUT2D eigenvalue weighted by atomic mass is 10.2. The van der Waals surface area contributed by atoms with Crippen molar-refractivity contribution < 1.29 is 4.43 Å². The Morgan fingerprint density at radius 2 is 1.63 bits per heavy atom. The number of piperazine rings is 1. The van der Waals surface area contributed by atoms with Gasteiger partial charge in [-0.15, -0.1) is 0 Å². The van der Waals surface area contributed by atoms with Gasteiger partial charge in [-0.3, -0.25) is 0 Å². The molecule has 3 N–H and O–H groups in total. The first-order chi connectivity index (χ1) is 14.2. The number of benzene rings is 1. The van der Waals surface area contributed by atoms with Crippen LogP contribution in [0.3, 0.4) is 0 Å². The normalized spacial score (nSPS) is 15.4. The van der Waals surface area contributed by atoms with E-state index in [2.05, 4.69) is 73.2 Å². The molecule has 1 aromatic heterocycles. The van der Waals surface area contributed by atoms with E-state index in [9.17, 15) is 0 Å². The molecule has 6 nitrogen and oxygen atoms in total. The molecule has 0 radical (unpaired) electrons. The third-order valence-corrected chi connectivity index (χ3v) is 10.8. The first kappa shape index (κ1) is 22.4. The van der Waals surface area contributed by atoms with Gasteiger partial charge in [0, 0.05) is 44.1 Å². The van der Waals surface area contributed by atoms with Crippen LogP contribution < -0.4 is 20.9 Å². The number of rotatable bonds is 7. The highest BCUT2D eigenvalue weighted by atomic mass is 28.4. The van der Waals surface area contributed by atoms with Crippen molar-refractivity contribution in [2.75, 3.05) is 60.2 Å². The van der Waals surface area contributed by atoms with E-state index < -0.39 is 8.32 Å². The fourth-order valence-electron chi connectivity index (χ4n) is 3.28. The van der Waals surface area contributed by atoms with Crippen molar-refractivity contribution in [1.29, 1.82) is 0 Å². The Balaban J connectivity index is 1.49. The largest absolute Gasteiger partial charge is 0.415 e. The maximum atomic E-state index is 6.25. The summed E-state index contributed by atoms with van der Waals surface area (Å²) in [6.45, 7) is 16.7. The molecule has 2 heterocycles. The minimum Gasteiger partial charge on any atom is -0.415 e. The lowest BCUT2D eigenvalue weighted by Gasteiger charge is -2.37. The molecular weight excluding hydrogens is 390 g/mol. The molecule has 0 atom stereocenters. The van der Waals surface area contributed by atoms with Gasteiger partial charge in [-0.25, -0.2) is 4.98 Å². The van der Waals surface area contributed by atoms with E-state index in [-0.39, 0.29) is 5.04 Å².